The lowest BCUT2D eigenvalue weighted by Crippen LogP contribution is -1.97. The van der Waals surface area contributed by atoms with Gasteiger partial charge in [-0.2, -0.15) is 5.26 Å². The van der Waals surface area contributed by atoms with Gasteiger partial charge in [-0.3, -0.25) is 0 Å². The van der Waals surface area contributed by atoms with Gasteiger partial charge in [0.15, 0.2) is 0 Å². The van der Waals surface area contributed by atoms with E-state index in [1.807, 2.05) is 25.1 Å². The largest absolute Gasteiger partial charge is 0.492 e. The second kappa shape index (κ2) is 5.21. The van der Waals surface area contributed by atoms with Crippen molar-refractivity contribution < 1.29 is 4.74 Å². The van der Waals surface area contributed by atoms with Crippen LogP contribution >= 0.6 is 0 Å². The number of allylic oxidation sites excluding steroid dienone is 1. The highest BCUT2D eigenvalue weighted by atomic mass is 16.5. The summed E-state index contributed by atoms with van der Waals surface area (Å²) in [5.41, 5.74) is 1.70. The third-order valence-electron chi connectivity index (χ3n) is 2.31. The summed E-state index contributed by atoms with van der Waals surface area (Å²) in [6, 6.07) is 7.75. The second-order valence-corrected chi connectivity index (χ2v) is 3.32. The summed E-state index contributed by atoms with van der Waals surface area (Å²) in [6.07, 6.45) is 1.87. The number of benzene rings is 1. The van der Waals surface area contributed by atoms with Crippen LogP contribution in [0.1, 0.15) is 30.9 Å². The van der Waals surface area contributed by atoms with Gasteiger partial charge in [-0.1, -0.05) is 19.1 Å². The molecule has 15 heavy (non-hydrogen) atoms. The predicted octanol–water partition coefficient (Wildman–Crippen LogP) is 3.25. The molecule has 0 N–H and O–H groups in total. The molecule has 0 radical (unpaired) electrons. The molecule has 2 heteroatoms. The fourth-order valence-electron chi connectivity index (χ4n) is 1.33. The van der Waals surface area contributed by atoms with Gasteiger partial charge >= 0.3 is 0 Å². The fraction of sp³-hybridized carbons (Fsp3) is 0.308. The van der Waals surface area contributed by atoms with Crippen LogP contribution in [0.4, 0.5) is 0 Å². The lowest BCUT2D eigenvalue weighted by molar-refractivity contribution is 0.339. The van der Waals surface area contributed by atoms with E-state index in [0.29, 0.717) is 17.9 Å². The normalized spacial score (nSPS) is 11.5. The summed E-state index contributed by atoms with van der Waals surface area (Å²) < 4.78 is 5.41. The van der Waals surface area contributed by atoms with Crippen molar-refractivity contribution in [3.05, 3.63) is 42.0 Å². The summed E-state index contributed by atoms with van der Waals surface area (Å²) in [4.78, 5) is 0. The van der Waals surface area contributed by atoms with Gasteiger partial charge in [0, 0.05) is 0 Å². The second-order valence-electron chi connectivity index (χ2n) is 3.32. The molecule has 0 aliphatic rings. The third kappa shape index (κ3) is 2.60. The molecule has 1 atom stereocenters. The molecule has 1 aromatic rings. The van der Waals surface area contributed by atoms with Crippen LogP contribution < -0.4 is 4.74 Å². The van der Waals surface area contributed by atoms with Crippen molar-refractivity contribution in [3.8, 4) is 11.8 Å². The Morgan fingerprint density at radius 1 is 1.60 bits per heavy atom. The lowest BCUT2D eigenvalue weighted by Gasteiger charge is -2.10. The molecule has 1 unspecified atom stereocenters. The molecule has 0 fully saturated rings. The van der Waals surface area contributed by atoms with E-state index in [0.717, 1.165) is 5.56 Å². The van der Waals surface area contributed by atoms with Crippen LogP contribution in [0, 0.1) is 11.3 Å². The molecule has 0 saturated heterocycles. The molecule has 0 bridgehead atoms. The van der Waals surface area contributed by atoms with E-state index in [9.17, 15) is 0 Å². The van der Waals surface area contributed by atoms with Crippen molar-refractivity contribution >= 4 is 0 Å². The lowest BCUT2D eigenvalue weighted by atomic mass is 9.99. The molecule has 0 aromatic heterocycles. The van der Waals surface area contributed by atoms with Crippen molar-refractivity contribution in [2.45, 2.75) is 19.8 Å². The van der Waals surface area contributed by atoms with Crippen molar-refractivity contribution in [1.29, 1.82) is 5.26 Å². The molecule has 1 aromatic carbocycles. The van der Waals surface area contributed by atoms with Crippen LogP contribution in [0.2, 0.25) is 0 Å². The van der Waals surface area contributed by atoms with Crippen molar-refractivity contribution in [3.63, 3.8) is 0 Å². The fourth-order valence-corrected chi connectivity index (χ4v) is 1.33. The summed E-state index contributed by atoms with van der Waals surface area (Å²) in [7, 11) is 0. The molecule has 0 aliphatic heterocycles. The molecule has 0 heterocycles. The van der Waals surface area contributed by atoms with Crippen molar-refractivity contribution in [1.82, 2.24) is 0 Å². The van der Waals surface area contributed by atoms with Gasteiger partial charge in [-0.05, 0) is 30.5 Å². The van der Waals surface area contributed by atoms with Gasteiger partial charge in [0.05, 0.1) is 12.2 Å². The number of nitriles is 1. The zero-order valence-corrected chi connectivity index (χ0v) is 9.16. The first-order chi connectivity index (χ1) is 7.22. The van der Waals surface area contributed by atoms with Gasteiger partial charge in [-0.15, -0.1) is 6.58 Å². The van der Waals surface area contributed by atoms with Crippen LogP contribution in [-0.2, 0) is 0 Å². The van der Waals surface area contributed by atoms with Crippen LogP contribution in [0.5, 0.6) is 5.75 Å². The monoisotopic (exact) mass is 201 g/mol. The summed E-state index contributed by atoms with van der Waals surface area (Å²) >= 11 is 0. The van der Waals surface area contributed by atoms with Gasteiger partial charge in [-0.25, -0.2) is 0 Å². The van der Waals surface area contributed by atoms with E-state index in [2.05, 4.69) is 19.6 Å². The Bertz CT molecular complexity index is 390. The minimum Gasteiger partial charge on any atom is -0.492 e. The van der Waals surface area contributed by atoms with Crippen LogP contribution in [-0.4, -0.2) is 6.61 Å². The van der Waals surface area contributed by atoms with Gasteiger partial charge in [0.1, 0.15) is 11.8 Å². The van der Waals surface area contributed by atoms with E-state index in [4.69, 9.17) is 10.00 Å². The molecular formula is C13H15NO. The number of ether oxygens (including phenoxy) is 1. The maximum absolute atomic E-state index is 8.88. The Balaban J connectivity index is 3.10. The predicted molar refractivity (Wildman–Crippen MR) is 60.9 cm³/mol. The Kier molecular flexibility index (Phi) is 3.93. The molecule has 1 rings (SSSR count). The van der Waals surface area contributed by atoms with Gasteiger partial charge in [0.2, 0.25) is 0 Å². The van der Waals surface area contributed by atoms with Crippen molar-refractivity contribution in [2.24, 2.45) is 0 Å². The molecule has 78 valence electrons. The first-order valence-electron chi connectivity index (χ1n) is 5.02. The van der Waals surface area contributed by atoms with Crippen molar-refractivity contribution in [2.75, 3.05) is 6.61 Å². The number of nitrogens with zero attached hydrogens (tertiary/aromatic N) is 1. The minimum absolute atomic E-state index is 0.275. The quantitative estimate of drug-likeness (QED) is 0.700. The number of hydrogen-bond acceptors (Lipinski definition) is 2. The highest BCUT2D eigenvalue weighted by Crippen LogP contribution is 2.25. The molecule has 0 spiro atoms. The van der Waals surface area contributed by atoms with E-state index in [1.54, 1.807) is 6.07 Å². The highest BCUT2D eigenvalue weighted by molar-refractivity contribution is 5.46. The van der Waals surface area contributed by atoms with Crippen LogP contribution in [0.15, 0.2) is 30.9 Å². The van der Waals surface area contributed by atoms with Gasteiger partial charge in [0.25, 0.3) is 0 Å². The maximum atomic E-state index is 8.88. The average molecular weight is 201 g/mol. The summed E-state index contributed by atoms with van der Waals surface area (Å²) in [5, 5.41) is 8.88. The average Bonchev–Trinajstić information content (AvgIpc) is 2.28. The molecular weight excluding hydrogens is 186 g/mol. The van der Waals surface area contributed by atoms with E-state index < -0.39 is 0 Å². The molecule has 0 saturated carbocycles. The van der Waals surface area contributed by atoms with E-state index in [1.165, 1.54) is 0 Å². The van der Waals surface area contributed by atoms with Gasteiger partial charge < -0.3 is 4.74 Å². The standard InChI is InChI=1S/C13H15NO/c1-4-10(3)11-6-7-12(9-14)13(8-11)15-5-2/h4,6-8,10H,1,5H2,2-3H3. The van der Waals surface area contributed by atoms with E-state index in [-0.39, 0.29) is 5.92 Å². The zero-order chi connectivity index (χ0) is 11.3. The minimum atomic E-state index is 0.275. The Hall–Kier alpha value is -1.75. The van der Waals surface area contributed by atoms with Crippen LogP contribution in [0.3, 0.4) is 0 Å². The highest BCUT2D eigenvalue weighted by Gasteiger charge is 2.07. The smallest absolute Gasteiger partial charge is 0.137 e. The SMILES string of the molecule is C=CC(C)c1ccc(C#N)c(OCC)c1. The number of rotatable bonds is 4. The number of hydrogen-bond donors (Lipinski definition) is 0. The Labute approximate surface area is 90.8 Å². The van der Waals surface area contributed by atoms with E-state index >= 15 is 0 Å². The summed E-state index contributed by atoms with van der Waals surface area (Å²) in [5.74, 6) is 0.933. The summed E-state index contributed by atoms with van der Waals surface area (Å²) in [6.45, 7) is 8.29. The maximum Gasteiger partial charge on any atom is 0.137 e. The molecule has 0 amide bonds. The molecule has 0 aliphatic carbocycles. The van der Waals surface area contributed by atoms with Crippen LogP contribution in [0.25, 0.3) is 0 Å². The first kappa shape index (κ1) is 11.3. The Morgan fingerprint density at radius 2 is 2.33 bits per heavy atom. The first-order valence-corrected chi connectivity index (χ1v) is 5.02. The molecule has 2 nitrogen and oxygen atoms in total. The third-order valence-corrected chi connectivity index (χ3v) is 2.31. The topological polar surface area (TPSA) is 33.0 Å². The zero-order valence-electron chi connectivity index (χ0n) is 9.16. The Morgan fingerprint density at radius 3 is 2.87 bits per heavy atom.